The average molecular weight is 470 g/mol. The Morgan fingerprint density at radius 3 is 2.69 bits per heavy atom. The van der Waals surface area contributed by atoms with Crippen LogP contribution in [0.5, 0.6) is 17.4 Å². The molecule has 2 amide bonds. The summed E-state index contributed by atoms with van der Waals surface area (Å²) < 4.78 is 63.1. The minimum absolute atomic E-state index is 0.0813. The van der Waals surface area contributed by atoms with E-state index in [1.807, 2.05) is 0 Å². The van der Waals surface area contributed by atoms with Crippen LogP contribution in [-0.2, 0) is 6.18 Å². The number of aromatic nitrogens is 2. The average Bonchev–Trinajstić information content (AvgIpc) is 3.11. The molecule has 0 radical (unpaired) electrons. The number of rotatable bonds is 3. The highest BCUT2D eigenvalue weighted by atomic mass is 35.5. The maximum absolute atomic E-state index is 13.4. The highest BCUT2D eigenvalue weighted by molar-refractivity contribution is 6.29. The summed E-state index contributed by atoms with van der Waals surface area (Å²) in [4.78, 5) is 21.3. The number of carbonyl (C=O) groups excluding carboxylic acids is 1. The number of benzene rings is 2. The fourth-order valence-corrected chi connectivity index (χ4v) is 3.05. The molecule has 3 aromatic rings. The van der Waals surface area contributed by atoms with Crippen molar-refractivity contribution in [1.29, 1.82) is 0 Å². The van der Waals surface area contributed by atoms with E-state index in [0.29, 0.717) is 23.6 Å². The SMILES string of the molecule is Nc1nc(Cl)cc(Oc2ccc3c(c2)OCN3C(=O)Nc2ccc(F)c(C(F)(F)F)c2)n1. The predicted octanol–water partition coefficient (Wildman–Crippen LogP) is 5.05. The van der Waals surface area contributed by atoms with Gasteiger partial charge < -0.3 is 20.5 Å². The van der Waals surface area contributed by atoms with Crippen LogP contribution in [0.25, 0.3) is 0 Å². The number of urea groups is 1. The molecular formula is C19H12ClF4N5O3. The van der Waals surface area contributed by atoms with Crippen molar-refractivity contribution >= 4 is 35.0 Å². The number of nitrogens with zero attached hydrogens (tertiary/aromatic N) is 3. The van der Waals surface area contributed by atoms with Gasteiger partial charge in [0.25, 0.3) is 0 Å². The van der Waals surface area contributed by atoms with E-state index in [1.54, 1.807) is 0 Å². The summed E-state index contributed by atoms with van der Waals surface area (Å²) in [7, 11) is 0. The molecule has 2 aromatic carbocycles. The number of nitrogens with one attached hydrogen (secondary N) is 1. The van der Waals surface area contributed by atoms with Gasteiger partial charge >= 0.3 is 12.2 Å². The number of hydrogen-bond acceptors (Lipinski definition) is 6. The lowest BCUT2D eigenvalue weighted by Crippen LogP contribution is -2.34. The lowest BCUT2D eigenvalue weighted by molar-refractivity contribution is -0.139. The molecule has 8 nitrogen and oxygen atoms in total. The monoisotopic (exact) mass is 469 g/mol. The quantitative estimate of drug-likeness (QED) is 0.411. The molecule has 0 saturated carbocycles. The predicted molar refractivity (Wildman–Crippen MR) is 106 cm³/mol. The van der Waals surface area contributed by atoms with Gasteiger partial charge in [-0.15, -0.1) is 0 Å². The molecule has 1 aliphatic rings. The number of nitrogen functional groups attached to an aromatic ring is 1. The van der Waals surface area contributed by atoms with Crippen LogP contribution in [0.1, 0.15) is 5.56 Å². The number of halogens is 5. The molecule has 4 rings (SSSR count). The van der Waals surface area contributed by atoms with Crippen molar-refractivity contribution in [1.82, 2.24) is 9.97 Å². The van der Waals surface area contributed by atoms with Crippen molar-refractivity contribution in [2.75, 3.05) is 22.7 Å². The van der Waals surface area contributed by atoms with E-state index in [-0.39, 0.29) is 35.1 Å². The normalized spacial score (nSPS) is 12.8. The third kappa shape index (κ3) is 4.44. The van der Waals surface area contributed by atoms with Crippen molar-refractivity contribution in [3.05, 3.63) is 59.0 Å². The molecule has 1 aliphatic heterocycles. The van der Waals surface area contributed by atoms with E-state index in [2.05, 4.69) is 15.3 Å². The van der Waals surface area contributed by atoms with Crippen LogP contribution >= 0.6 is 11.6 Å². The zero-order valence-electron chi connectivity index (χ0n) is 15.8. The number of anilines is 3. The van der Waals surface area contributed by atoms with Crippen LogP contribution < -0.4 is 25.4 Å². The second kappa shape index (κ2) is 8.04. The molecule has 1 aromatic heterocycles. The van der Waals surface area contributed by atoms with Gasteiger partial charge in [-0.1, -0.05) is 11.6 Å². The summed E-state index contributed by atoms with van der Waals surface area (Å²) in [6.45, 7) is -0.204. The minimum atomic E-state index is -4.90. The summed E-state index contributed by atoms with van der Waals surface area (Å²) in [6.07, 6.45) is -4.90. The summed E-state index contributed by atoms with van der Waals surface area (Å²) >= 11 is 5.80. The summed E-state index contributed by atoms with van der Waals surface area (Å²) in [5.74, 6) is -0.854. The number of hydrogen-bond donors (Lipinski definition) is 2. The standard InChI is InChI=1S/C19H12ClF4N5O3/c20-15-7-16(28-17(25)27-15)32-10-2-4-13-14(6-10)31-8-29(13)18(30)26-9-1-3-12(21)11(5-9)19(22,23)24/h1-7H,8H2,(H,26,30)(H2,25,27,28). The molecule has 0 saturated heterocycles. The highest BCUT2D eigenvalue weighted by Gasteiger charge is 2.34. The van der Waals surface area contributed by atoms with Gasteiger partial charge in [0.05, 0.1) is 11.3 Å². The number of nitrogens with two attached hydrogens (primary N) is 1. The lowest BCUT2D eigenvalue weighted by Gasteiger charge is -2.17. The van der Waals surface area contributed by atoms with Gasteiger partial charge in [-0.25, -0.2) is 14.2 Å². The van der Waals surface area contributed by atoms with Crippen LogP contribution in [0, 0.1) is 5.82 Å². The maximum atomic E-state index is 13.4. The van der Waals surface area contributed by atoms with Gasteiger partial charge in [0.15, 0.2) is 6.73 Å². The molecule has 3 N–H and O–H groups in total. The van der Waals surface area contributed by atoms with E-state index < -0.39 is 23.6 Å². The van der Waals surface area contributed by atoms with Crippen molar-refractivity contribution in [2.24, 2.45) is 0 Å². The van der Waals surface area contributed by atoms with Crippen molar-refractivity contribution in [3.63, 3.8) is 0 Å². The van der Waals surface area contributed by atoms with Gasteiger partial charge in [-0.3, -0.25) is 4.90 Å². The first kappa shape index (κ1) is 21.4. The van der Waals surface area contributed by atoms with Gasteiger partial charge in [0.2, 0.25) is 11.8 Å². The van der Waals surface area contributed by atoms with Gasteiger partial charge in [-0.2, -0.15) is 18.2 Å². The molecule has 0 atom stereocenters. The first-order chi connectivity index (χ1) is 15.1. The summed E-state index contributed by atoms with van der Waals surface area (Å²) in [5.41, 5.74) is 4.14. The topological polar surface area (TPSA) is 103 Å². The van der Waals surface area contributed by atoms with E-state index in [0.717, 1.165) is 11.0 Å². The minimum Gasteiger partial charge on any atom is -0.470 e. The van der Waals surface area contributed by atoms with E-state index >= 15 is 0 Å². The molecule has 0 aliphatic carbocycles. The Kier molecular flexibility index (Phi) is 5.38. The largest absolute Gasteiger partial charge is 0.470 e. The first-order valence-corrected chi connectivity index (χ1v) is 9.18. The molecule has 0 bridgehead atoms. The van der Waals surface area contributed by atoms with Crippen LogP contribution in [0.15, 0.2) is 42.5 Å². The molecule has 0 fully saturated rings. The Morgan fingerprint density at radius 1 is 1.19 bits per heavy atom. The molecule has 0 spiro atoms. The number of ether oxygens (including phenoxy) is 2. The van der Waals surface area contributed by atoms with E-state index in [9.17, 15) is 22.4 Å². The molecule has 2 heterocycles. The van der Waals surface area contributed by atoms with Crippen molar-refractivity contribution in [2.45, 2.75) is 6.18 Å². The Morgan fingerprint density at radius 2 is 1.97 bits per heavy atom. The molecule has 0 unspecified atom stereocenters. The molecule has 32 heavy (non-hydrogen) atoms. The third-order valence-corrected chi connectivity index (χ3v) is 4.44. The Hall–Kier alpha value is -3.80. The van der Waals surface area contributed by atoms with Crippen LogP contribution in [0.2, 0.25) is 5.15 Å². The number of alkyl halides is 3. The molecular weight excluding hydrogens is 458 g/mol. The van der Waals surface area contributed by atoms with Gasteiger partial charge in [0, 0.05) is 17.8 Å². The van der Waals surface area contributed by atoms with Crippen LogP contribution in [0.4, 0.5) is 39.7 Å². The third-order valence-electron chi connectivity index (χ3n) is 4.25. The van der Waals surface area contributed by atoms with Gasteiger partial charge in [-0.05, 0) is 30.3 Å². The number of fused-ring (bicyclic) bond motifs is 1. The van der Waals surface area contributed by atoms with E-state index in [1.165, 1.54) is 24.3 Å². The van der Waals surface area contributed by atoms with E-state index in [4.69, 9.17) is 26.8 Å². The zero-order chi connectivity index (χ0) is 23.0. The first-order valence-electron chi connectivity index (χ1n) is 8.80. The number of amides is 2. The zero-order valence-corrected chi connectivity index (χ0v) is 16.5. The highest BCUT2D eigenvalue weighted by Crippen LogP contribution is 2.39. The Bertz CT molecular complexity index is 1190. The summed E-state index contributed by atoms with van der Waals surface area (Å²) in [5, 5.41) is 2.38. The fraction of sp³-hybridized carbons (Fsp3) is 0.105. The fourth-order valence-electron chi connectivity index (χ4n) is 2.87. The van der Waals surface area contributed by atoms with Gasteiger partial charge in [0.1, 0.15) is 22.5 Å². The number of carbonyl (C=O) groups is 1. The molecule has 13 heteroatoms. The Balaban J connectivity index is 1.50. The Labute approximate surface area is 182 Å². The van der Waals surface area contributed by atoms with Crippen molar-refractivity contribution in [3.8, 4) is 17.4 Å². The smallest absolute Gasteiger partial charge is 0.419 e. The lowest BCUT2D eigenvalue weighted by atomic mass is 10.2. The van der Waals surface area contributed by atoms with Crippen molar-refractivity contribution < 1.29 is 31.8 Å². The second-order valence-corrected chi connectivity index (χ2v) is 6.83. The maximum Gasteiger partial charge on any atom is 0.419 e. The molecule has 166 valence electrons. The second-order valence-electron chi connectivity index (χ2n) is 6.44. The summed E-state index contributed by atoms with van der Waals surface area (Å²) in [6, 6.07) is 7.25. The van der Waals surface area contributed by atoms with Crippen LogP contribution in [-0.4, -0.2) is 22.7 Å². The van der Waals surface area contributed by atoms with Crippen LogP contribution in [0.3, 0.4) is 0 Å².